The second-order valence-electron chi connectivity index (χ2n) is 4.00. The van der Waals surface area contributed by atoms with Gasteiger partial charge in [0.05, 0.1) is 6.61 Å². The molecule has 7 nitrogen and oxygen atoms in total. The molecule has 0 aromatic heterocycles. The van der Waals surface area contributed by atoms with E-state index in [2.05, 4.69) is 0 Å². The summed E-state index contributed by atoms with van der Waals surface area (Å²) in [4.78, 5) is 46.0. The quantitative estimate of drug-likeness (QED) is 0.357. The maximum absolute atomic E-state index is 11.8. The van der Waals surface area contributed by atoms with Gasteiger partial charge in [-0.2, -0.15) is 0 Å². The molecule has 18 heavy (non-hydrogen) atoms. The van der Waals surface area contributed by atoms with E-state index in [9.17, 15) is 29.4 Å². The van der Waals surface area contributed by atoms with Gasteiger partial charge in [-0.05, 0) is 13.8 Å². The third-order valence-electron chi connectivity index (χ3n) is 2.78. The number of hydrogen-bond acceptors (Lipinski definition) is 7. The van der Waals surface area contributed by atoms with E-state index >= 15 is 0 Å². The highest BCUT2D eigenvalue weighted by molar-refractivity contribution is 6.48. The monoisotopic (exact) mass is 260 g/mol. The maximum atomic E-state index is 11.8. The third-order valence-corrected chi connectivity index (χ3v) is 2.78. The summed E-state index contributed by atoms with van der Waals surface area (Å²) in [6.45, 7) is 1.60. The zero-order valence-corrected chi connectivity index (χ0v) is 10.3. The van der Waals surface area contributed by atoms with Crippen molar-refractivity contribution in [2.45, 2.75) is 33.0 Å². The van der Waals surface area contributed by atoms with Gasteiger partial charge in [0.2, 0.25) is 5.78 Å². The minimum Gasteiger partial charge on any atom is -0.394 e. The number of aliphatic hydroxyl groups excluding tert-OH is 3. The fourth-order valence-corrected chi connectivity index (χ4v) is 1.78. The van der Waals surface area contributed by atoms with Crippen molar-refractivity contribution in [3.63, 3.8) is 0 Å². The van der Waals surface area contributed by atoms with Gasteiger partial charge in [-0.15, -0.1) is 0 Å². The molecular weight excluding hydrogens is 244 g/mol. The number of rotatable bonds is 7. The smallest absolute Gasteiger partial charge is 0.221 e. The number of ketones is 4. The summed E-state index contributed by atoms with van der Waals surface area (Å²) in [7, 11) is 0. The second-order valence-corrected chi connectivity index (χ2v) is 4.00. The zero-order valence-electron chi connectivity index (χ0n) is 10.3. The fourth-order valence-electron chi connectivity index (χ4n) is 1.78. The molecule has 2 unspecified atom stereocenters. The highest BCUT2D eigenvalue weighted by Gasteiger charge is 2.57. The number of carbonyl (C=O) groups excluding carboxylic acids is 4. The molecule has 0 rings (SSSR count). The molecule has 0 aliphatic carbocycles. The van der Waals surface area contributed by atoms with Crippen LogP contribution in [0.3, 0.4) is 0 Å². The Hall–Kier alpha value is -1.44. The number of Topliss-reactive ketones (excluding diaryl/α,β-unsaturated/α-hetero) is 4. The number of aliphatic hydroxyl groups is 3. The summed E-state index contributed by atoms with van der Waals surface area (Å²) in [5, 5.41) is 27.8. The lowest BCUT2D eigenvalue weighted by Crippen LogP contribution is -2.59. The molecule has 0 amide bonds. The van der Waals surface area contributed by atoms with Crippen molar-refractivity contribution >= 4 is 23.1 Å². The van der Waals surface area contributed by atoms with Gasteiger partial charge in [0.25, 0.3) is 0 Å². The molecule has 3 N–H and O–H groups in total. The maximum Gasteiger partial charge on any atom is 0.221 e. The van der Waals surface area contributed by atoms with Gasteiger partial charge in [0.15, 0.2) is 22.8 Å². The Bertz CT molecular complexity index is 371. The van der Waals surface area contributed by atoms with E-state index in [4.69, 9.17) is 5.11 Å². The first-order valence-corrected chi connectivity index (χ1v) is 5.18. The predicted octanol–water partition coefficient (Wildman–Crippen LogP) is -1.98. The fraction of sp³-hybridized carbons (Fsp3) is 0.636. The first-order valence-electron chi connectivity index (χ1n) is 5.18. The average Bonchev–Trinajstić information content (AvgIpc) is 2.27. The normalized spacial score (nSPS) is 14.8. The molecule has 0 spiro atoms. The van der Waals surface area contributed by atoms with E-state index in [1.54, 1.807) is 0 Å². The highest BCUT2D eigenvalue weighted by Crippen LogP contribution is 2.29. The van der Waals surface area contributed by atoms with Crippen LogP contribution in [0.5, 0.6) is 0 Å². The van der Waals surface area contributed by atoms with Crippen LogP contribution in [-0.4, -0.2) is 57.3 Å². The van der Waals surface area contributed by atoms with Gasteiger partial charge < -0.3 is 15.3 Å². The van der Waals surface area contributed by atoms with E-state index in [1.165, 1.54) is 0 Å². The van der Waals surface area contributed by atoms with Crippen molar-refractivity contribution < 1.29 is 34.5 Å². The van der Waals surface area contributed by atoms with Crippen LogP contribution < -0.4 is 0 Å². The molecule has 7 heteroatoms. The molecular formula is C11H16O7. The third kappa shape index (κ3) is 2.53. The summed E-state index contributed by atoms with van der Waals surface area (Å²) in [5.41, 5.74) is -2.66. The minimum atomic E-state index is -2.66. The van der Waals surface area contributed by atoms with Gasteiger partial charge >= 0.3 is 0 Å². The van der Waals surface area contributed by atoms with Crippen LogP contribution in [0, 0.1) is 5.41 Å². The van der Waals surface area contributed by atoms with Crippen molar-refractivity contribution in [3.05, 3.63) is 0 Å². The molecule has 0 saturated heterocycles. The molecule has 0 aliphatic heterocycles. The van der Waals surface area contributed by atoms with Crippen LogP contribution in [0.1, 0.15) is 20.8 Å². The van der Waals surface area contributed by atoms with Crippen molar-refractivity contribution in [2.75, 3.05) is 6.61 Å². The lowest BCUT2D eigenvalue weighted by Gasteiger charge is -2.33. The van der Waals surface area contributed by atoms with Gasteiger partial charge in [-0.25, -0.2) is 0 Å². The zero-order chi connectivity index (χ0) is 14.7. The van der Waals surface area contributed by atoms with Crippen molar-refractivity contribution in [3.8, 4) is 0 Å². The standard InChI is InChI=1S/C11H16O7/c1-5(13)9(17)11(6(2)14,7(3)15)10(18)8(16)4-12/h8,10,12,16,18H,4H2,1-3H3. The summed E-state index contributed by atoms with van der Waals surface area (Å²) in [6.07, 6.45) is -4.06. The van der Waals surface area contributed by atoms with Crippen LogP contribution in [0.4, 0.5) is 0 Å². The Balaban J connectivity index is 5.96. The Morgan fingerprint density at radius 2 is 1.39 bits per heavy atom. The van der Waals surface area contributed by atoms with Crippen LogP contribution >= 0.6 is 0 Å². The van der Waals surface area contributed by atoms with E-state index < -0.39 is 47.4 Å². The predicted molar refractivity (Wildman–Crippen MR) is 58.6 cm³/mol. The molecule has 2 atom stereocenters. The first kappa shape index (κ1) is 16.6. The molecule has 0 bridgehead atoms. The summed E-state index contributed by atoms with van der Waals surface area (Å²) in [5.74, 6) is -4.61. The van der Waals surface area contributed by atoms with Crippen molar-refractivity contribution in [1.82, 2.24) is 0 Å². The van der Waals surface area contributed by atoms with Gasteiger partial charge in [0, 0.05) is 6.92 Å². The van der Waals surface area contributed by atoms with Crippen LogP contribution in [0.25, 0.3) is 0 Å². The molecule has 0 fully saturated rings. The lowest BCUT2D eigenvalue weighted by molar-refractivity contribution is -0.165. The van der Waals surface area contributed by atoms with E-state index in [0.717, 1.165) is 20.8 Å². The highest BCUT2D eigenvalue weighted by atomic mass is 16.4. The van der Waals surface area contributed by atoms with E-state index in [1.807, 2.05) is 0 Å². The van der Waals surface area contributed by atoms with E-state index in [0.29, 0.717) is 0 Å². The summed E-state index contributed by atoms with van der Waals surface area (Å²) in [6, 6.07) is 0. The average molecular weight is 260 g/mol. The Labute approximate surface area is 103 Å². The van der Waals surface area contributed by atoms with Crippen LogP contribution in [0.2, 0.25) is 0 Å². The van der Waals surface area contributed by atoms with Gasteiger partial charge in [0.1, 0.15) is 12.2 Å². The first-order chi connectivity index (χ1) is 8.13. The molecule has 0 aromatic rings. The van der Waals surface area contributed by atoms with Crippen molar-refractivity contribution in [2.24, 2.45) is 5.41 Å². The number of carbonyl (C=O) groups is 4. The minimum absolute atomic E-state index is 0.848. The molecule has 0 heterocycles. The van der Waals surface area contributed by atoms with Crippen molar-refractivity contribution in [1.29, 1.82) is 0 Å². The van der Waals surface area contributed by atoms with Crippen LogP contribution in [-0.2, 0) is 19.2 Å². The molecule has 0 aliphatic rings. The second kappa shape index (κ2) is 5.94. The number of hydrogen-bond donors (Lipinski definition) is 3. The Morgan fingerprint density at radius 1 is 1.00 bits per heavy atom. The Morgan fingerprint density at radius 3 is 1.61 bits per heavy atom. The molecule has 0 radical (unpaired) electrons. The summed E-state index contributed by atoms with van der Waals surface area (Å²) < 4.78 is 0. The largest absolute Gasteiger partial charge is 0.394 e. The van der Waals surface area contributed by atoms with E-state index in [-0.39, 0.29) is 0 Å². The summed E-state index contributed by atoms with van der Waals surface area (Å²) >= 11 is 0. The van der Waals surface area contributed by atoms with Crippen LogP contribution in [0.15, 0.2) is 0 Å². The Kier molecular flexibility index (Phi) is 5.47. The molecule has 0 saturated carbocycles. The topological polar surface area (TPSA) is 129 Å². The lowest BCUT2D eigenvalue weighted by atomic mass is 9.69. The molecule has 102 valence electrons. The molecule has 0 aromatic carbocycles. The van der Waals surface area contributed by atoms with Gasteiger partial charge in [-0.1, -0.05) is 0 Å². The SMILES string of the molecule is CC(=O)C(=O)C(C(C)=O)(C(C)=O)C(O)C(O)CO. The van der Waals surface area contributed by atoms with Gasteiger partial charge in [-0.3, -0.25) is 19.2 Å².